The van der Waals surface area contributed by atoms with Crippen molar-refractivity contribution >= 4 is 9.84 Å². The lowest BCUT2D eigenvalue weighted by molar-refractivity contribution is -0.141. The number of hydrogen-bond acceptors (Lipinski definition) is 7. The van der Waals surface area contributed by atoms with Crippen LogP contribution in [-0.2, 0) is 22.6 Å². The van der Waals surface area contributed by atoms with E-state index in [1.165, 1.54) is 31.0 Å². The van der Waals surface area contributed by atoms with E-state index in [0.29, 0.717) is 29.4 Å². The summed E-state index contributed by atoms with van der Waals surface area (Å²) in [6, 6.07) is 8.07. The van der Waals surface area contributed by atoms with Crippen molar-refractivity contribution in [2.75, 3.05) is 20.5 Å². The lowest BCUT2D eigenvalue weighted by Gasteiger charge is -2.13. The smallest absolute Gasteiger partial charge is 0.433 e. The van der Waals surface area contributed by atoms with Crippen molar-refractivity contribution in [1.29, 1.82) is 0 Å². The molecule has 8 nitrogen and oxygen atoms in total. The van der Waals surface area contributed by atoms with Crippen molar-refractivity contribution in [2.24, 2.45) is 0 Å². The number of hydrogen-bond donors (Lipinski definition) is 0. The summed E-state index contributed by atoms with van der Waals surface area (Å²) in [5, 5.41) is -0.958. The van der Waals surface area contributed by atoms with Crippen LogP contribution in [0, 0.1) is 0 Å². The van der Waals surface area contributed by atoms with E-state index < -0.39 is 32.4 Å². The zero-order valence-corrected chi connectivity index (χ0v) is 18.0. The molecule has 0 atom stereocenters. The number of alkyl halides is 3. The summed E-state index contributed by atoms with van der Waals surface area (Å²) < 4.78 is 75.0. The molecule has 12 heteroatoms. The molecule has 0 saturated carbocycles. The summed E-state index contributed by atoms with van der Waals surface area (Å²) in [7, 11) is -1.17. The Bertz CT molecular complexity index is 1320. The molecule has 0 amide bonds. The summed E-state index contributed by atoms with van der Waals surface area (Å²) in [5.74, 6) is 0.934. The Morgan fingerprint density at radius 3 is 2.28 bits per heavy atom. The van der Waals surface area contributed by atoms with E-state index in [1.807, 2.05) is 0 Å². The summed E-state index contributed by atoms with van der Waals surface area (Å²) >= 11 is 0. The molecule has 0 N–H and O–H groups in total. The average Bonchev–Trinajstić information content (AvgIpc) is 2.73. The highest BCUT2D eigenvalue weighted by Crippen LogP contribution is 2.31. The molecule has 0 bridgehead atoms. The fraction of sp³-hybridized carbons (Fsp3) is 0.250. The predicted molar refractivity (Wildman–Crippen MR) is 108 cm³/mol. The number of nitrogens with zero attached hydrogens (tertiary/aromatic N) is 3. The Labute approximate surface area is 181 Å². The van der Waals surface area contributed by atoms with Crippen LogP contribution in [0.1, 0.15) is 11.3 Å². The van der Waals surface area contributed by atoms with Gasteiger partial charge < -0.3 is 14.0 Å². The molecule has 1 aromatic carbocycles. The molecule has 0 saturated heterocycles. The van der Waals surface area contributed by atoms with Crippen LogP contribution in [0.2, 0.25) is 0 Å². The molecular formula is C20H18F3N3O5S. The number of rotatable bonds is 6. The highest BCUT2D eigenvalue weighted by Gasteiger charge is 2.35. The van der Waals surface area contributed by atoms with Gasteiger partial charge in [-0.1, -0.05) is 6.07 Å². The van der Waals surface area contributed by atoms with E-state index >= 15 is 0 Å². The first-order valence-corrected chi connectivity index (χ1v) is 10.9. The van der Waals surface area contributed by atoms with E-state index in [4.69, 9.17) is 9.47 Å². The van der Waals surface area contributed by atoms with Crippen LogP contribution in [0.25, 0.3) is 11.3 Å². The Balaban J connectivity index is 2.08. The minimum Gasteiger partial charge on any atom is -0.493 e. The average molecular weight is 469 g/mol. The predicted octanol–water partition coefficient (Wildman–Crippen LogP) is 2.79. The van der Waals surface area contributed by atoms with Crippen LogP contribution in [0.5, 0.6) is 11.5 Å². The minimum absolute atomic E-state index is 0.0726. The Morgan fingerprint density at radius 2 is 1.69 bits per heavy atom. The van der Waals surface area contributed by atoms with Crippen molar-refractivity contribution in [3.05, 3.63) is 64.2 Å². The van der Waals surface area contributed by atoms with Crippen molar-refractivity contribution in [3.63, 3.8) is 0 Å². The second-order valence-electron chi connectivity index (χ2n) is 6.76. The molecule has 0 spiro atoms. The fourth-order valence-corrected chi connectivity index (χ4v) is 3.39. The molecular weight excluding hydrogens is 451 g/mol. The Morgan fingerprint density at radius 1 is 1.00 bits per heavy atom. The third kappa shape index (κ3) is 5.07. The molecule has 3 rings (SSSR count). The largest absolute Gasteiger partial charge is 0.493 e. The van der Waals surface area contributed by atoms with Gasteiger partial charge in [-0.15, -0.1) is 0 Å². The lowest BCUT2D eigenvalue weighted by atomic mass is 10.1. The van der Waals surface area contributed by atoms with Crippen LogP contribution in [-0.4, -0.2) is 43.4 Å². The zero-order valence-electron chi connectivity index (χ0n) is 17.2. The Hall–Kier alpha value is -3.41. The molecule has 32 heavy (non-hydrogen) atoms. The standard InChI is InChI=1S/C20H18F3N3O5S/c1-30-15-6-4-12(8-16(15)31-2)10-26-11-13(5-7-18(26)27)14-9-17(20(21,22)23)25-19(24-14)32(3,28)29/h4-9,11H,10H2,1-3H3. The molecule has 0 unspecified atom stereocenters. The maximum atomic E-state index is 13.3. The van der Waals surface area contributed by atoms with Gasteiger partial charge in [-0.3, -0.25) is 4.79 Å². The normalized spacial score (nSPS) is 11.9. The van der Waals surface area contributed by atoms with Gasteiger partial charge in [0, 0.05) is 24.1 Å². The first-order chi connectivity index (χ1) is 14.9. The molecule has 2 heterocycles. The van der Waals surface area contributed by atoms with E-state index in [1.54, 1.807) is 18.2 Å². The van der Waals surface area contributed by atoms with Crippen LogP contribution >= 0.6 is 0 Å². The van der Waals surface area contributed by atoms with Crippen molar-refractivity contribution in [1.82, 2.24) is 14.5 Å². The third-order valence-corrected chi connectivity index (χ3v) is 5.25. The molecule has 2 aromatic heterocycles. The van der Waals surface area contributed by atoms with Gasteiger partial charge in [0.15, 0.2) is 11.5 Å². The molecule has 0 aliphatic rings. The summed E-state index contributed by atoms with van der Waals surface area (Å²) in [4.78, 5) is 19.2. The SMILES string of the molecule is COc1ccc(Cn2cc(-c3cc(C(F)(F)F)nc(S(C)(=O)=O)n3)ccc2=O)cc1OC. The highest BCUT2D eigenvalue weighted by molar-refractivity contribution is 7.90. The minimum atomic E-state index is -4.88. The number of sulfone groups is 1. The number of methoxy groups -OCH3 is 2. The summed E-state index contributed by atoms with van der Waals surface area (Å²) in [6.45, 7) is 0.0726. The van der Waals surface area contributed by atoms with Crippen LogP contribution in [0.15, 0.2) is 52.5 Å². The molecule has 0 aliphatic carbocycles. The van der Waals surface area contributed by atoms with Crippen LogP contribution in [0.3, 0.4) is 0 Å². The second kappa shape index (κ2) is 8.61. The first-order valence-electron chi connectivity index (χ1n) is 9.00. The topological polar surface area (TPSA) is 100 Å². The van der Waals surface area contributed by atoms with E-state index in [9.17, 15) is 26.4 Å². The van der Waals surface area contributed by atoms with Crippen LogP contribution < -0.4 is 15.0 Å². The maximum absolute atomic E-state index is 13.3. The fourth-order valence-electron chi connectivity index (χ4n) is 2.87. The number of pyridine rings is 1. The van der Waals surface area contributed by atoms with Gasteiger partial charge in [-0.2, -0.15) is 13.2 Å². The van der Waals surface area contributed by atoms with Gasteiger partial charge in [0.25, 0.3) is 5.56 Å². The zero-order chi connectivity index (χ0) is 23.7. The third-order valence-electron chi connectivity index (χ3n) is 4.41. The second-order valence-corrected chi connectivity index (χ2v) is 8.67. The number of ether oxygens (including phenoxy) is 2. The van der Waals surface area contributed by atoms with Gasteiger partial charge >= 0.3 is 6.18 Å². The van der Waals surface area contributed by atoms with E-state index in [0.717, 1.165) is 6.07 Å². The molecule has 0 radical (unpaired) electrons. The molecule has 3 aromatic rings. The maximum Gasteiger partial charge on any atom is 0.433 e. The number of aromatic nitrogens is 3. The van der Waals surface area contributed by atoms with Gasteiger partial charge in [0.2, 0.25) is 15.0 Å². The number of halogens is 3. The monoisotopic (exact) mass is 469 g/mol. The quantitative estimate of drug-likeness (QED) is 0.512. The number of benzene rings is 1. The van der Waals surface area contributed by atoms with Gasteiger partial charge in [-0.05, 0) is 29.8 Å². The summed E-state index contributed by atoms with van der Waals surface area (Å²) in [5.41, 5.74) is -1.33. The summed E-state index contributed by atoms with van der Waals surface area (Å²) in [6.07, 6.45) is -2.87. The molecule has 0 aliphatic heterocycles. The van der Waals surface area contributed by atoms with Crippen molar-refractivity contribution in [3.8, 4) is 22.8 Å². The lowest BCUT2D eigenvalue weighted by Crippen LogP contribution is -2.19. The van der Waals surface area contributed by atoms with Gasteiger partial charge in [0.05, 0.1) is 26.5 Å². The molecule has 0 fully saturated rings. The molecule has 170 valence electrons. The van der Waals surface area contributed by atoms with E-state index in [2.05, 4.69) is 9.97 Å². The van der Waals surface area contributed by atoms with Gasteiger partial charge in [-0.25, -0.2) is 18.4 Å². The first kappa shape index (κ1) is 23.3. The van der Waals surface area contributed by atoms with Gasteiger partial charge in [0.1, 0.15) is 5.69 Å². The Kier molecular flexibility index (Phi) is 6.26. The highest BCUT2D eigenvalue weighted by atomic mass is 32.2. The van der Waals surface area contributed by atoms with Crippen molar-refractivity contribution < 1.29 is 31.1 Å². The van der Waals surface area contributed by atoms with Crippen LogP contribution in [0.4, 0.5) is 13.2 Å². The van der Waals surface area contributed by atoms with E-state index in [-0.39, 0.29) is 17.8 Å². The van der Waals surface area contributed by atoms with Crippen molar-refractivity contribution in [2.45, 2.75) is 17.9 Å².